The molecule has 3 heteroatoms. The van der Waals surface area contributed by atoms with Crippen molar-refractivity contribution in [3.63, 3.8) is 0 Å². The van der Waals surface area contributed by atoms with E-state index < -0.39 is 5.97 Å². The predicted molar refractivity (Wildman–Crippen MR) is 39.9 cm³/mol. The minimum absolute atomic E-state index is 0.362. The second-order valence-electron chi connectivity index (χ2n) is 3.15. The van der Waals surface area contributed by atoms with Crippen molar-refractivity contribution in [1.29, 1.82) is 0 Å². The summed E-state index contributed by atoms with van der Waals surface area (Å²) in [6.45, 7) is 0. The quantitative estimate of drug-likeness (QED) is 0.504. The van der Waals surface area contributed by atoms with Crippen LogP contribution in [0, 0.1) is 5.92 Å². The highest BCUT2D eigenvalue weighted by Gasteiger charge is 2.16. The second kappa shape index (κ2) is 4.34. The number of rotatable bonds is 3. The molecule has 1 aliphatic rings. The zero-order valence-corrected chi connectivity index (χ0v) is 6.58. The molecule has 0 aromatic heterocycles. The highest BCUT2D eigenvalue weighted by atomic mass is 17.1. The third-order valence-electron chi connectivity index (χ3n) is 2.33. The first-order valence-electron chi connectivity index (χ1n) is 4.17. The van der Waals surface area contributed by atoms with E-state index in [1.54, 1.807) is 0 Å². The van der Waals surface area contributed by atoms with Gasteiger partial charge in [0.25, 0.3) is 0 Å². The summed E-state index contributed by atoms with van der Waals surface area (Å²) in [4.78, 5) is 14.1. The molecule has 0 saturated heterocycles. The maximum Gasteiger partial charge on any atom is 0.342 e. The minimum atomic E-state index is -0.503. The van der Waals surface area contributed by atoms with E-state index in [1.165, 1.54) is 25.7 Å². The van der Waals surface area contributed by atoms with E-state index in [1.807, 2.05) is 0 Å². The van der Waals surface area contributed by atoms with Gasteiger partial charge in [0, 0.05) is 6.42 Å². The highest BCUT2D eigenvalue weighted by Crippen LogP contribution is 2.28. The Balaban J connectivity index is 2.06. The molecule has 0 aromatic carbocycles. The molecule has 0 heterocycles. The van der Waals surface area contributed by atoms with Crippen LogP contribution in [0.25, 0.3) is 0 Å². The van der Waals surface area contributed by atoms with Gasteiger partial charge in [-0.1, -0.05) is 25.7 Å². The molecular weight excluding hydrogens is 144 g/mol. The van der Waals surface area contributed by atoms with Crippen LogP contribution in [-0.2, 0) is 9.68 Å². The lowest BCUT2D eigenvalue weighted by atomic mass is 10.0. The minimum Gasteiger partial charge on any atom is -0.301 e. The van der Waals surface area contributed by atoms with Crippen LogP contribution in [0.3, 0.4) is 0 Å². The molecule has 0 spiro atoms. The Morgan fingerprint density at radius 3 is 2.64 bits per heavy atom. The summed E-state index contributed by atoms with van der Waals surface area (Å²) in [5.74, 6) is 0.186. The fourth-order valence-corrected chi connectivity index (χ4v) is 1.67. The molecule has 1 aliphatic carbocycles. The Morgan fingerprint density at radius 2 is 2.09 bits per heavy atom. The van der Waals surface area contributed by atoms with E-state index in [-0.39, 0.29) is 0 Å². The maximum absolute atomic E-state index is 10.5. The topological polar surface area (TPSA) is 46.5 Å². The Kier molecular flexibility index (Phi) is 3.36. The van der Waals surface area contributed by atoms with E-state index in [9.17, 15) is 4.79 Å². The first-order chi connectivity index (χ1) is 5.33. The third-order valence-corrected chi connectivity index (χ3v) is 2.33. The Bertz CT molecular complexity index is 127. The van der Waals surface area contributed by atoms with Crippen LogP contribution in [0.2, 0.25) is 0 Å². The molecule has 0 atom stereocenters. The Hall–Kier alpha value is -0.570. The van der Waals surface area contributed by atoms with Gasteiger partial charge < -0.3 is 4.89 Å². The molecule has 1 N–H and O–H groups in total. The van der Waals surface area contributed by atoms with Crippen LogP contribution >= 0.6 is 0 Å². The molecule has 0 aliphatic heterocycles. The predicted octanol–water partition coefficient (Wildman–Crippen LogP) is 1.97. The van der Waals surface area contributed by atoms with Gasteiger partial charge in [0.15, 0.2) is 0 Å². The van der Waals surface area contributed by atoms with Gasteiger partial charge in [-0.2, -0.15) is 5.26 Å². The fraction of sp³-hybridized carbons (Fsp3) is 0.875. The molecule has 1 rings (SSSR count). The van der Waals surface area contributed by atoms with E-state index >= 15 is 0 Å². The number of hydrogen-bond donors (Lipinski definition) is 1. The average molecular weight is 158 g/mol. The largest absolute Gasteiger partial charge is 0.342 e. The van der Waals surface area contributed by atoms with Crippen molar-refractivity contribution >= 4 is 5.97 Å². The standard InChI is InChI=1S/C8H14O3/c9-8(11-10)6-5-7-3-1-2-4-7/h7,10H,1-6H2. The van der Waals surface area contributed by atoms with Gasteiger partial charge in [0.1, 0.15) is 0 Å². The zero-order valence-electron chi connectivity index (χ0n) is 6.58. The van der Waals surface area contributed by atoms with Crippen molar-refractivity contribution in [1.82, 2.24) is 0 Å². The summed E-state index contributed by atoms with van der Waals surface area (Å²) in [6.07, 6.45) is 6.29. The molecule has 0 radical (unpaired) electrons. The molecule has 1 saturated carbocycles. The summed E-state index contributed by atoms with van der Waals surface area (Å²) in [7, 11) is 0. The summed E-state index contributed by atoms with van der Waals surface area (Å²) < 4.78 is 0. The van der Waals surface area contributed by atoms with Crippen LogP contribution in [0.4, 0.5) is 0 Å². The normalized spacial score (nSPS) is 18.6. The molecule has 1 fully saturated rings. The van der Waals surface area contributed by atoms with Gasteiger partial charge in [-0.3, -0.25) is 0 Å². The Labute approximate surface area is 66.3 Å². The number of hydrogen-bond acceptors (Lipinski definition) is 3. The van der Waals surface area contributed by atoms with Crippen LogP contribution < -0.4 is 0 Å². The molecule has 3 nitrogen and oxygen atoms in total. The van der Waals surface area contributed by atoms with Gasteiger partial charge in [0.05, 0.1) is 0 Å². The zero-order chi connectivity index (χ0) is 8.10. The van der Waals surface area contributed by atoms with E-state index in [4.69, 9.17) is 5.26 Å². The van der Waals surface area contributed by atoms with Crippen LogP contribution in [0.15, 0.2) is 0 Å². The van der Waals surface area contributed by atoms with Gasteiger partial charge in [-0.25, -0.2) is 4.79 Å². The average Bonchev–Trinajstić information content (AvgIpc) is 2.52. The SMILES string of the molecule is O=C(CCC1CCCC1)OO. The van der Waals surface area contributed by atoms with Gasteiger partial charge >= 0.3 is 5.97 Å². The van der Waals surface area contributed by atoms with Gasteiger partial charge in [0.2, 0.25) is 0 Å². The van der Waals surface area contributed by atoms with Crippen LogP contribution in [0.1, 0.15) is 38.5 Å². The third kappa shape index (κ3) is 2.89. The lowest BCUT2D eigenvalue weighted by Gasteiger charge is -2.05. The summed E-state index contributed by atoms with van der Waals surface area (Å²) in [6, 6.07) is 0. The van der Waals surface area contributed by atoms with Crippen LogP contribution in [0.5, 0.6) is 0 Å². The molecule has 11 heavy (non-hydrogen) atoms. The fourth-order valence-electron chi connectivity index (χ4n) is 1.67. The lowest BCUT2D eigenvalue weighted by molar-refractivity contribution is -0.234. The summed E-state index contributed by atoms with van der Waals surface area (Å²) in [5, 5.41) is 7.96. The monoisotopic (exact) mass is 158 g/mol. The van der Waals surface area contributed by atoms with Crippen molar-refractivity contribution < 1.29 is 14.9 Å². The highest BCUT2D eigenvalue weighted by molar-refractivity contribution is 5.68. The van der Waals surface area contributed by atoms with Crippen molar-refractivity contribution in [3.8, 4) is 0 Å². The summed E-state index contributed by atoms with van der Waals surface area (Å²) >= 11 is 0. The first-order valence-corrected chi connectivity index (χ1v) is 4.17. The van der Waals surface area contributed by atoms with Gasteiger partial charge in [-0.05, 0) is 12.3 Å². The van der Waals surface area contributed by atoms with Crippen molar-refractivity contribution in [2.75, 3.05) is 0 Å². The molecule has 0 aromatic rings. The molecule has 0 amide bonds. The summed E-state index contributed by atoms with van der Waals surface area (Å²) in [5.41, 5.74) is 0. The van der Waals surface area contributed by atoms with E-state index in [0.29, 0.717) is 12.3 Å². The van der Waals surface area contributed by atoms with Crippen molar-refractivity contribution in [3.05, 3.63) is 0 Å². The smallest absolute Gasteiger partial charge is 0.301 e. The Morgan fingerprint density at radius 1 is 1.45 bits per heavy atom. The molecule has 64 valence electrons. The second-order valence-corrected chi connectivity index (χ2v) is 3.15. The van der Waals surface area contributed by atoms with Gasteiger partial charge in [-0.15, -0.1) is 0 Å². The number of carbonyl (C=O) groups is 1. The van der Waals surface area contributed by atoms with Crippen molar-refractivity contribution in [2.24, 2.45) is 5.92 Å². The first kappa shape index (κ1) is 8.53. The molecular formula is C8H14O3. The lowest BCUT2D eigenvalue weighted by Crippen LogP contribution is -2.03. The number of carbonyl (C=O) groups excluding carboxylic acids is 1. The van der Waals surface area contributed by atoms with Crippen molar-refractivity contribution in [2.45, 2.75) is 38.5 Å². The van der Waals surface area contributed by atoms with E-state index in [2.05, 4.69) is 4.89 Å². The van der Waals surface area contributed by atoms with E-state index in [0.717, 1.165) is 6.42 Å². The molecule has 0 bridgehead atoms. The van der Waals surface area contributed by atoms with Crippen LogP contribution in [-0.4, -0.2) is 11.2 Å². The molecule has 0 unspecified atom stereocenters. The maximum atomic E-state index is 10.5.